The fraction of sp³-hybridized carbons (Fsp3) is 0.480. The maximum absolute atomic E-state index is 13.4. The van der Waals surface area contributed by atoms with Gasteiger partial charge >= 0.3 is 0 Å². The van der Waals surface area contributed by atoms with Crippen LogP contribution in [0.1, 0.15) is 48.0 Å². The van der Waals surface area contributed by atoms with Crippen LogP contribution in [-0.2, 0) is 11.3 Å². The highest BCUT2D eigenvalue weighted by Gasteiger charge is 2.51. The van der Waals surface area contributed by atoms with Crippen LogP contribution in [0.2, 0.25) is 0 Å². The molecular formula is C25H31N3O4. The molecule has 1 spiro atoms. The number of likely N-dealkylation sites (tertiary alicyclic amines) is 1. The van der Waals surface area contributed by atoms with E-state index in [1.165, 1.54) is 6.42 Å². The van der Waals surface area contributed by atoms with Gasteiger partial charge in [-0.05, 0) is 43.2 Å². The molecule has 1 atom stereocenters. The van der Waals surface area contributed by atoms with Crippen LogP contribution < -0.4 is 14.8 Å². The number of carbonyl (C=O) groups excluding carboxylic acids is 2. The second-order valence-corrected chi connectivity index (χ2v) is 8.79. The van der Waals surface area contributed by atoms with Gasteiger partial charge in [-0.1, -0.05) is 19.3 Å². The summed E-state index contributed by atoms with van der Waals surface area (Å²) in [7, 11) is 3.23. The predicted molar refractivity (Wildman–Crippen MR) is 121 cm³/mol. The molecule has 2 heterocycles. The number of nitrogens with one attached hydrogen (secondary N) is 1. The number of pyridine rings is 1. The van der Waals surface area contributed by atoms with Crippen molar-refractivity contribution in [2.75, 3.05) is 27.3 Å². The molecule has 2 aliphatic rings. The van der Waals surface area contributed by atoms with E-state index in [4.69, 9.17) is 9.47 Å². The normalized spacial score (nSPS) is 19.6. The highest BCUT2D eigenvalue weighted by molar-refractivity contribution is 5.95. The zero-order valence-electron chi connectivity index (χ0n) is 18.8. The topological polar surface area (TPSA) is 80.8 Å². The summed E-state index contributed by atoms with van der Waals surface area (Å²) >= 11 is 0. The van der Waals surface area contributed by atoms with Gasteiger partial charge in [-0.25, -0.2) is 0 Å². The molecule has 0 bridgehead atoms. The Kier molecular flexibility index (Phi) is 6.63. The van der Waals surface area contributed by atoms with E-state index in [9.17, 15) is 9.59 Å². The Morgan fingerprint density at radius 2 is 1.84 bits per heavy atom. The van der Waals surface area contributed by atoms with Crippen LogP contribution in [0.5, 0.6) is 11.5 Å². The minimum atomic E-state index is -0.217. The van der Waals surface area contributed by atoms with Gasteiger partial charge in [-0.3, -0.25) is 14.6 Å². The van der Waals surface area contributed by atoms with Crippen molar-refractivity contribution >= 4 is 11.8 Å². The van der Waals surface area contributed by atoms with E-state index in [0.717, 1.165) is 31.2 Å². The van der Waals surface area contributed by atoms with Crippen LogP contribution in [0.25, 0.3) is 0 Å². The van der Waals surface area contributed by atoms with E-state index in [0.29, 0.717) is 36.7 Å². The van der Waals surface area contributed by atoms with Gasteiger partial charge < -0.3 is 19.7 Å². The second-order valence-electron chi connectivity index (χ2n) is 8.79. The number of benzene rings is 1. The Bertz CT molecular complexity index is 957. The predicted octanol–water partition coefficient (Wildman–Crippen LogP) is 3.44. The number of hydrogen-bond donors (Lipinski definition) is 1. The van der Waals surface area contributed by atoms with Gasteiger partial charge in [0.05, 0.1) is 20.1 Å². The largest absolute Gasteiger partial charge is 0.497 e. The van der Waals surface area contributed by atoms with Crippen LogP contribution in [0.15, 0.2) is 42.7 Å². The Balaban J connectivity index is 1.51. The van der Waals surface area contributed by atoms with Crippen molar-refractivity contribution in [3.05, 3.63) is 53.9 Å². The molecule has 1 aromatic carbocycles. The third-order valence-electron chi connectivity index (χ3n) is 6.97. The molecule has 1 aromatic heterocycles. The van der Waals surface area contributed by atoms with Crippen molar-refractivity contribution in [1.82, 2.24) is 15.2 Å². The Labute approximate surface area is 189 Å². The molecule has 170 valence electrons. The molecule has 32 heavy (non-hydrogen) atoms. The van der Waals surface area contributed by atoms with Gasteiger partial charge in [0.15, 0.2) is 0 Å². The summed E-state index contributed by atoms with van der Waals surface area (Å²) in [6.07, 6.45) is 8.61. The van der Waals surface area contributed by atoms with Crippen LogP contribution in [0.4, 0.5) is 0 Å². The van der Waals surface area contributed by atoms with Crippen molar-refractivity contribution < 1.29 is 19.1 Å². The third kappa shape index (κ3) is 4.42. The number of rotatable bonds is 6. The Hall–Kier alpha value is -3.09. The van der Waals surface area contributed by atoms with Crippen LogP contribution in [0, 0.1) is 11.3 Å². The first-order valence-electron chi connectivity index (χ1n) is 11.2. The lowest BCUT2D eigenvalue weighted by Gasteiger charge is -2.37. The van der Waals surface area contributed by atoms with Gasteiger partial charge in [0.1, 0.15) is 11.5 Å². The summed E-state index contributed by atoms with van der Waals surface area (Å²) in [6, 6.07) is 9.02. The fourth-order valence-electron chi connectivity index (χ4n) is 5.25. The maximum atomic E-state index is 13.4. The van der Waals surface area contributed by atoms with E-state index >= 15 is 0 Å². The van der Waals surface area contributed by atoms with Gasteiger partial charge in [0.25, 0.3) is 5.91 Å². The summed E-state index contributed by atoms with van der Waals surface area (Å²) in [4.78, 5) is 32.4. The van der Waals surface area contributed by atoms with E-state index < -0.39 is 0 Å². The number of carbonyl (C=O) groups is 2. The molecule has 2 aromatic rings. The first-order chi connectivity index (χ1) is 15.6. The third-order valence-corrected chi connectivity index (χ3v) is 6.97. The lowest BCUT2D eigenvalue weighted by Crippen LogP contribution is -2.42. The summed E-state index contributed by atoms with van der Waals surface area (Å²) in [6.45, 7) is 1.43. The lowest BCUT2D eigenvalue weighted by molar-refractivity contribution is -0.128. The minimum absolute atomic E-state index is 0.00167. The number of methoxy groups -OCH3 is 2. The van der Waals surface area contributed by atoms with Crippen LogP contribution in [-0.4, -0.2) is 49.0 Å². The molecule has 7 nitrogen and oxygen atoms in total. The van der Waals surface area contributed by atoms with Crippen molar-refractivity contribution in [1.29, 1.82) is 0 Å². The molecule has 1 N–H and O–H groups in total. The van der Waals surface area contributed by atoms with E-state index in [-0.39, 0.29) is 23.1 Å². The highest BCUT2D eigenvalue weighted by atomic mass is 16.5. The SMILES string of the molecule is COc1ccc(OC)c(CNC(=O)C2CN(C(=O)c3ccncc3)CC23CCCCC3)c1. The quantitative estimate of drug-likeness (QED) is 0.749. The van der Waals surface area contributed by atoms with E-state index in [1.807, 2.05) is 23.1 Å². The molecular weight excluding hydrogens is 406 g/mol. The fourth-order valence-corrected chi connectivity index (χ4v) is 5.25. The van der Waals surface area contributed by atoms with Crippen LogP contribution >= 0.6 is 0 Å². The molecule has 1 unspecified atom stereocenters. The Morgan fingerprint density at radius 3 is 2.53 bits per heavy atom. The number of ether oxygens (including phenoxy) is 2. The molecule has 1 saturated heterocycles. The summed E-state index contributed by atoms with van der Waals surface area (Å²) in [5.41, 5.74) is 1.33. The van der Waals surface area contributed by atoms with Crippen molar-refractivity contribution in [2.45, 2.75) is 38.6 Å². The average molecular weight is 438 g/mol. The smallest absolute Gasteiger partial charge is 0.254 e. The Morgan fingerprint density at radius 1 is 1.09 bits per heavy atom. The van der Waals surface area contributed by atoms with Gasteiger partial charge in [-0.15, -0.1) is 0 Å². The molecule has 1 saturated carbocycles. The number of nitrogens with zero attached hydrogens (tertiary/aromatic N) is 2. The monoisotopic (exact) mass is 437 g/mol. The standard InChI is InChI=1S/C25H31N3O4/c1-31-20-6-7-22(32-2)19(14-20)15-27-23(29)21-16-28(17-25(21)10-4-3-5-11-25)24(30)18-8-12-26-13-9-18/h6-9,12-14,21H,3-5,10-11,15-17H2,1-2H3,(H,27,29). The zero-order chi connectivity index (χ0) is 22.6. The average Bonchev–Trinajstić information content (AvgIpc) is 3.21. The van der Waals surface area contributed by atoms with Crippen molar-refractivity contribution in [3.8, 4) is 11.5 Å². The minimum Gasteiger partial charge on any atom is -0.497 e. The second kappa shape index (κ2) is 9.59. The van der Waals surface area contributed by atoms with Gasteiger partial charge in [0, 0.05) is 48.6 Å². The molecule has 1 aliphatic carbocycles. The summed E-state index contributed by atoms with van der Waals surface area (Å²) in [5.74, 6) is 1.18. The lowest BCUT2D eigenvalue weighted by atomic mass is 9.67. The number of amides is 2. The molecule has 4 rings (SSSR count). The molecule has 7 heteroatoms. The number of aromatic nitrogens is 1. The first kappa shape index (κ1) is 22.1. The van der Waals surface area contributed by atoms with E-state index in [2.05, 4.69) is 10.3 Å². The maximum Gasteiger partial charge on any atom is 0.254 e. The molecule has 2 amide bonds. The summed E-state index contributed by atoms with van der Waals surface area (Å²) < 4.78 is 10.8. The zero-order valence-corrected chi connectivity index (χ0v) is 18.8. The van der Waals surface area contributed by atoms with Crippen molar-refractivity contribution in [3.63, 3.8) is 0 Å². The van der Waals surface area contributed by atoms with Crippen molar-refractivity contribution in [2.24, 2.45) is 11.3 Å². The van der Waals surface area contributed by atoms with Gasteiger partial charge in [0.2, 0.25) is 5.91 Å². The number of hydrogen-bond acceptors (Lipinski definition) is 5. The molecule has 1 aliphatic heterocycles. The van der Waals surface area contributed by atoms with E-state index in [1.54, 1.807) is 38.7 Å². The summed E-state index contributed by atoms with van der Waals surface area (Å²) in [5, 5.41) is 3.12. The van der Waals surface area contributed by atoms with Crippen LogP contribution in [0.3, 0.4) is 0 Å². The first-order valence-corrected chi connectivity index (χ1v) is 11.2. The highest BCUT2D eigenvalue weighted by Crippen LogP contribution is 2.48. The molecule has 2 fully saturated rings. The van der Waals surface area contributed by atoms with Gasteiger partial charge in [-0.2, -0.15) is 0 Å². The molecule has 0 radical (unpaired) electrons.